The highest BCUT2D eigenvalue weighted by Gasteiger charge is 2.23. The van der Waals surface area contributed by atoms with Crippen molar-refractivity contribution in [2.24, 2.45) is 5.92 Å². The molecule has 0 aromatic rings. The summed E-state index contributed by atoms with van der Waals surface area (Å²) in [7, 11) is 1.63. The molecule has 1 fully saturated rings. The standard InChI is InChI=1S/C9H18N2O2/c1-8-5-11(6-8)7-9(12)10-3-4-13-2/h8H,3-7H2,1-2H3,(H,10,12). The number of nitrogens with one attached hydrogen (secondary N) is 1. The molecule has 0 radical (unpaired) electrons. The number of rotatable bonds is 5. The molecule has 1 rings (SSSR count). The van der Waals surface area contributed by atoms with Crippen LogP contribution in [0.1, 0.15) is 6.92 Å². The van der Waals surface area contributed by atoms with Crippen LogP contribution in [-0.4, -0.2) is 50.7 Å². The molecular formula is C9H18N2O2. The van der Waals surface area contributed by atoms with Gasteiger partial charge in [0.25, 0.3) is 0 Å². The highest BCUT2D eigenvalue weighted by atomic mass is 16.5. The summed E-state index contributed by atoms with van der Waals surface area (Å²) in [5, 5.41) is 2.79. The van der Waals surface area contributed by atoms with Gasteiger partial charge in [-0.2, -0.15) is 0 Å². The number of hydrogen-bond donors (Lipinski definition) is 1. The van der Waals surface area contributed by atoms with Crippen LogP contribution in [0.4, 0.5) is 0 Å². The van der Waals surface area contributed by atoms with Crippen molar-refractivity contribution < 1.29 is 9.53 Å². The average molecular weight is 186 g/mol. The lowest BCUT2D eigenvalue weighted by atomic mass is 10.0. The number of carbonyl (C=O) groups is 1. The number of amides is 1. The second-order valence-electron chi connectivity index (χ2n) is 3.64. The van der Waals surface area contributed by atoms with E-state index in [0.29, 0.717) is 19.7 Å². The van der Waals surface area contributed by atoms with Crippen molar-refractivity contribution in [3.63, 3.8) is 0 Å². The maximum absolute atomic E-state index is 11.2. The topological polar surface area (TPSA) is 41.6 Å². The van der Waals surface area contributed by atoms with Crippen LogP contribution in [0.25, 0.3) is 0 Å². The molecule has 0 atom stereocenters. The van der Waals surface area contributed by atoms with E-state index in [0.717, 1.165) is 19.0 Å². The molecule has 0 bridgehead atoms. The van der Waals surface area contributed by atoms with E-state index in [9.17, 15) is 4.79 Å². The second-order valence-corrected chi connectivity index (χ2v) is 3.64. The van der Waals surface area contributed by atoms with Crippen LogP contribution in [0.2, 0.25) is 0 Å². The molecular weight excluding hydrogens is 168 g/mol. The first-order valence-corrected chi connectivity index (χ1v) is 4.70. The highest BCUT2D eigenvalue weighted by Crippen LogP contribution is 2.12. The fraction of sp³-hybridized carbons (Fsp3) is 0.889. The molecule has 0 aliphatic carbocycles. The van der Waals surface area contributed by atoms with Gasteiger partial charge in [-0.25, -0.2) is 0 Å². The van der Waals surface area contributed by atoms with Crippen LogP contribution in [-0.2, 0) is 9.53 Å². The maximum Gasteiger partial charge on any atom is 0.234 e. The van der Waals surface area contributed by atoms with Crippen LogP contribution in [0.15, 0.2) is 0 Å². The predicted molar refractivity (Wildman–Crippen MR) is 50.5 cm³/mol. The second kappa shape index (κ2) is 5.19. The number of carbonyl (C=O) groups excluding carboxylic acids is 1. The van der Waals surface area contributed by atoms with Gasteiger partial charge in [0, 0.05) is 26.7 Å². The predicted octanol–water partition coefficient (Wildman–Crippen LogP) is -0.299. The van der Waals surface area contributed by atoms with Crippen LogP contribution in [0, 0.1) is 5.92 Å². The minimum absolute atomic E-state index is 0.101. The average Bonchev–Trinajstić information content (AvgIpc) is 2.02. The van der Waals surface area contributed by atoms with E-state index >= 15 is 0 Å². The summed E-state index contributed by atoms with van der Waals surface area (Å²) in [6.07, 6.45) is 0. The fourth-order valence-electron chi connectivity index (χ4n) is 1.51. The van der Waals surface area contributed by atoms with Gasteiger partial charge in [0.15, 0.2) is 0 Å². The first-order valence-electron chi connectivity index (χ1n) is 4.70. The molecule has 4 heteroatoms. The first-order chi connectivity index (χ1) is 6.22. The summed E-state index contributed by atoms with van der Waals surface area (Å²) in [6, 6.07) is 0. The lowest BCUT2D eigenvalue weighted by Gasteiger charge is -2.36. The molecule has 0 aromatic heterocycles. The molecule has 0 aromatic carbocycles. The number of ether oxygens (including phenoxy) is 1. The monoisotopic (exact) mass is 186 g/mol. The van der Waals surface area contributed by atoms with Crippen molar-refractivity contribution in [3.05, 3.63) is 0 Å². The lowest BCUT2D eigenvalue weighted by molar-refractivity contribution is -0.123. The summed E-state index contributed by atoms with van der Waals surface area (Å²) in [4.78, 5) is 13.4. The van der Waals surface area contributed by atoms with Crippen LogP contribution in [0.3, 0.4) is 0 Å². The van der Waals surface area contributed by atoms with E-state index < -0.39 is 0 Å². The fourth-order valence-corrected chi connectivity index (χ4v) is 1.51. The summed E-state index contributed by atoms with van der Waals surface area (Å²) < 4.78 is 4.83. The quantitative estimate of drug-likeness (QED) is 0.599. The van der Waals surface area contributed by atoms with Gasteiger partial charge < -0.3 is 10.1 Å². The van der Waals surface area contributed by atoms with E-state index in [-0.39, 0.29) is 5.91 Å². The van der Waals surface area contributed by atoms with E-state index in [2.05, 4.69) is 17.1 Å². The van der Waals surface area contributed by atoms with E-state index in [1.165, 1.54) is 0 Å². The van der Waals surface area contributed by atoms with Crippen molar-refractivity contribution in [2.45, 2.75) is 6.92 Å². The summed E-state index contributed by atoms with van der Waals surface area (Å²) in [5.41, 5.74) is 0. The molecule has 1 amide bonds. The Morgan fingerprint density at radius 1 is 1.62 bits per heavy atom. The molecule has 0 saturated carbocycles. The van der Waals surface area contributed by atoms with Crippen molar-refractivity contribution in [3.8, 4) is 0 Å². The summed E-state index contributed by atoms with van der Waals surface area (Å²) in [6.45, 7) is 6.03. The zero-order valence-electron chi connectivity index (χ0n) is 8.38. The molecule has 76 valence electrons. The van der Waals surface area contributed by atoms with Gasteiger partial charge >= 0.3 is 0 Å². The molecule has 1 aliphatic heterocycles. The van der Waals surface area contributed by atoms with E-state index in [1.807, 2.05) is 0 Å². The minimum Gasteiger partial charge on any atom is -0.383 e. The van der Waals surface area contributed by atoms with Crippen molar-refractivity contribution >= 4 is 5.91 Å². The van der Waals surface area contributed by atoms with Gasteiger partial charge in [-0.3, -0.25) is 9.69 Å². The SMILES string of the molecule is COCCNC(=O)CN1CC(C)C1. The molecule has 0 spiro atoms. The van der Waals surface area contributed by atoms with Gasteiger partial charge in [-0.1, -0.05) is 6.92 Å². The Hall–Kier alpha value is -0.610. The Balaban J connectivity index is 1.98. The van der Waals surface area contributed by atoms with Gasteiger partial charge in [0.05, 0.1) is 13.2 Å². The van der Waals surface area contributed by atoms with E-state index in [4.69, 9.17) is 4.74 Å². The van der Waals surface area contributed by atoms with Gasteiger partial charge in [0.2, 0.25) is 5.91 Å². The maximum atomic E-state index is 11.2. The summed E-state index contributed by atoms with van der Waals surface area (Å²) >= 11 is 0. The van der Waals surface area contributed by atoms with Gasteiger partial charge in [0.1, 0.15) is 0 Å². The zero-order chi connectivity index (χ0) is 9.68. The Morgan fingerprint density at radius 2 is 2.31 bits per heavy atom. The highest BCUT2D eigenvalue weighted by molar-refractivity contribution is 5.78. The normalized spacial score (nSPS) is 18.3. The molecule has 13 heavy (non-hydrogen) atoms. The Labute approximate surface area is 79.2 Å². The number of likely N-dealkylation sites (tertiary alicyclic amines) is 1. The largest absolute Gasteiger partial charge is 0.383 e. The van der Waals surface area contributed by atoms with Crippen LogP contribution < -0.4 is 5.32 Å². The Kier molecular flexibility index (Phi) is 4.18. The third-order valence-electron chi connectivity index (χ3n) is 2.14. The van der Waals surface area contributed by atoms with Gasteiger partial charge in [-0.15, -0.1) is 0 Å². The molecule has 1 N–H and O–H groups in total. The number of nitrogens with zero attached hydrogens (tertiary/aromatic N) is 1. The third kappa shape index (κ3) is 3.74. The van der Waals surface area contributed by atoms with Crippen LogP contribution >= 0.6 is 0 Å². The lowest BCUT2D eigenvalue weighted by Crippen LogP contribution is -2.49. The Morgan fingerprint density at radius 3 is 2.85 bits per heavy atom. The molecule has 1 aliphatic rings. The zero-order valence-corrected chi connectivity index (χ0v) is 8.38. The molecule has 4 nitrogen and oxygen atoms in total. The van der Waals surface area contributed by atoms with Crippen molar-refractivity contribution in [2.75, 3.05) is 39.9 Å². The van der Waals surface area contributed by atoms with Gasteiger partial charge in [-0.05, 0) is 5.92 Å². The smallest absolute Gasteiger partial charge is 0.234 e. The third-order valence-corrected chi connectivity index (χ3v) is 2.14. The first kappa shape index (κ1) is 10.5. The Bertz CT molecular complexity index is 167. The van der Waals surface area contributed by atoms with Crippen molar-refractivity contribution in [1.82, 2.24) is 10.2 Å². The van der Waals surface area contributed by atoms with Crippen LogP contribution in [0.5, 0.6) is 0 Å². The van der Waals surface area contributed by atoms with Crippen molar-refractivity contribution in [1.29, 1.82) is 0 Å². The molecule has 1 heterocycles. The number of methoxy groups -OCH3 is 1. The molecule has 1 saturated heterocycles. The minimum atomic E-state index is 0.101. The summed E-state index contributed by atoms with van der Waals surface area (Å²) in [5.74, 6) is 0.857. The number of hydrogen-bond acceptors (Lipinski definition) is 3. The molecule has 0 unspecified atom stereocenters. The van der Waals surface area contributed by atoms with E-state index in [1.54, 1.807) is 7.11 Å².